The zero-order valence-corrected chi connectivity index (χ0v) is 11.8. The lowest BCUT2D eigenvalue weighted by Crippen LogP contribution is -2.33. The Labute approximate surface area is 123 Å². The van der Waals surface area contributed by atoms with E-state index >= 15 is 0 Å². The van der Waals surface area contributed by atoms with Crippen molar-refractivity contribution in [2.45, 2.75) is 12.5 Å². The van der Waals surface area contributed by atoms with Crippen LogP contribution in [0, 0.1) is 0 Å². The molecule has 0 aliphatic rings. The molecule has 2 rings (SSSR count). The summed E-state index contributed by atoms with van der Waals surface area (Å²) >= 11 is 0. The number of ketones is 1. The molecule has 2 aromatic carbocycles. The van der Waals surface area contributed by atoms with Gasteiger partial charge in [0.1, 0.15) is 6.04 Å². The smallest absolute Gasteiger partial charge is 0.328 e. The molecule has 4 nitrogen and oxygen atoms in total. The van der Waals surface area contributed by atoms with E-state index in [2.05, 4.69) is 5.32 Å². The zero-order chi connectivity index (χ0) is 15.1. The molecule has 2 aromatic rings. The molecular weight excluding hydrogens is 266 g/mol. The number of methoxy groups -OCH3 is 1. The zero-order valence-electron chi connectivity index (χ0n) is 11.8. The fourth-order valence-electron chi connectivity index (χ4n) is 2.00. The summed E-state index contributed by atoms with van der Waals surface area (Å²) in [5, 5.41) is 3.03. The molecule has 0 saturated heterocycles. The number of rotatable bonds is 6. The summed E-state index contributed by atoms with van der Waals surface area (Å²) in [5.74, 6) is -0.558. The quantitative estimate of drug-likeness (QED) is 0.654. The van der Waals surface area contributed by atoms with Gasteiger partial charge in [-0.25, -0.2) is 4.79 Å². The maximum Gasteiger partial charge on any atom is 0.328 e. The van der Waals surface area contributed by atoms with Gasteiger partial charge in [0.15, 0.2) is 5.78 Å². The highest BCUT2D eigenvalue weighted by Crippen LogP contribution is 2.13. The van der Waals surface area contributed by atoms with Gasteiger partial charge in [-0.05, 0) is 12.1 Å². The van der Waals surface area contributed by atoms with Crippen molar-refractivity contribution in [1.82, 2.24) is 0 Å². The van der Waals surface area contributed by atoms with Crippen LogP contribution in [0.4, 0.5) is 5.69 Å². The highest BCUT2D eigenvalue weighted by atomic mass is 16.5. The highest BCUT2D eigenvalue weighted by Gasteiger charge is 2.23. The monoisotopic (exact) mass is 283 g/mol. The SMILES string of the molecule is COC(=O)C(CC(=O)c1ccccc1)Nc1ccccc1. The molecule has 108 valence electrons. The summed E-state index contributed by atoms with van der Waals surface area (Å²) in [4.78, 5) is 24.1. The van der Waals surface area contributed by atoms with E-state index < -0.39 is 12.0 Å². The van der Waals surface area contributed by atoms with Gasteiger partial charge in [-0.15, -0.1) is 0 Å². The Balaban J connectivity index is 2.10. The molecule has 0 heterocycles. The predicted octanol–water partition coefficient (Wildman–Crippen LogP) is 2.91. The number of hydrogen-bond donors (Lipinski definition) is 1. The molecule has 1 atom stereocenters. The number of Topliss-reactive ketones (excluding diaryl/α,β-unsaturated/α-hetero) is 1. The standard InChI is InChI=1S/C17H17NO3/c1-21-17(20)15(18-14-10-6-3-7-11-14)12-16(19)13-8-4-2-5-9-13/h2-11,15,18H,12H2,1H3. The minimum absolute atomic E-state index is 0.0472. The molecule has 0 fully saturated rings. The molecule has 0 spiro atoms. The summed E-state index contributed by atoms with van der Waals surface area (Å²) in [6, 6.07) is 17.5. The van der Waals surface area contributed by atoms with Crippen LogP contribution in [0.3, 0.4) is 0 Å². The number of nitrogens with one attached hydrogen (secondary N) is 1. The van der Waals surface area contributed by atoms with E-state index in [1.54, 1.807) is 24.3 Å². The second-order valence-electron chi connectivity index (χ2n) is 4.58. The van der Waals surface area contributed by atoms with Gasteiger partial charge >= 0.3 is 5.97 Å². The van der Waals surface area contributed by atoms with Gasteiger partial charge in [-0.2, -0.15) is 0 Å². The summed E-state index contributed by atoms with van der Waals surface area (Å²) in [5.41, 5.74) is 1.36. The average molecular weight is 283 g/mol. The molecule has 0 saturated carbocycles. The van der Waals surface area contributed by atoms with Crippen molar-refractivity contribution in [3.05, 3.63) is 66.2 Å². The fourth-order valence-corrected chi connectivity index (χ4v) is 2.00. The summed E-state index contributed by atoms with van der Waals surface area (Å²) in [6.07, 6.45) is 0.0472. The number of carbonyl (C=O) groups excluding carboxylic acids is 2. The molecular formula is C17H17NO3. The molecule has 0 bridgehead atoms. The molecule has 0 aliphatic heterocycles. The lowest BCUT2D eigenvalue weighted by molar-refractivity contribution is -0.141. The van der Waals surface area contributed by atoms with Crippen LogP contribution in [0.2, 0.25) is 0 Å². The van der Waals surface area contributed by atoms with Crippen LogP contribution in [-0.4, -0.2) is 24.9 Å². The molecule has 0 amide bonds. The Morgan fingerprint density at radius 3 is 2.14 bits per heavy atom. The minimum atomic E-state index is -0.704. The Bertz CT molecular complexity index is 596. The predicted molar refractivity (Wildman–Crippen MR) is 81.3 cm³/mol. The largest absolute Gasteiger partial charge is 0.467 e. The number of ether oxygens (including phenoxy) is 1. The Morgan fingerprint density at radius 2 is 1.57 bits per heavy atom. The van der Waals surface area contributed by atoms with Crippen molar-refractivity contribution in [2.24, 2.45) is 0 Å². The molecule has 1 N–H and O–H groups in total. The van der Waals surface area contributed by atoms with E-state index in [9.17, 15) is 9.59 Å². The van der Waals surface area contributed by atoms with Crippen LogP contribution >= 0.6 is 0 Å². The summed E-state index contributed by atoms with van der Waals surface area (Å²) < 4.78 is 4.77. The molecule has 0 radical (unpaired) electrons. The van der Waals surface area contributed by atoms with Crippen LogP contribution < -0.4 is 5.32 Å². The van der Waals surface area contributed by atoms with E-state index in [4.69, 9.17) is 4.74 Å². The third kappa shape index (κ3) is 4.18. The van der Waals surface area contributed by atoms with Crippen molar-refractivity contribution in [1.29, 1.82) is 0 Å². The Hall–Kier alpha value is -2.62. The first-order valence-electron chi connectivity index (χ1n) is 6.68. The molecule has 4 heteroatoms. The van der Waals surface area contributed by atoms with Crippen LogP contribution in [0.15, 0.2) is 60.7 Å². The van der Waals surface area contributed by atoms with Gasteiger partial charge in [-0.1, -0.05) is 48.5 Å². The van der Waals surface area contributed by atoms with Gasteiger partial charge in [0.05, 0.1) is 7.11 Å². The number of hydrogen-bond acceptors (Lipinski definition) is 4. The van der Waals surface area contributed by atoms with Crippen molar-refractivity contribution in [2.75, 3.05) is 12.4 Å². The second-order valence-corrected chi connectivity index (χ2v) is 4.58. The van der Waals surface area contributed by atoms with Crippen LogP contribution in [0.25, 0.3) is 0 Å². The highest BCUT2D eigenvalue weighted by molar-refractivity contribution is 5.99. The van der Waals surface area contributed by atoms with Crippen LogP contribution in [0.1, 0.15) is 16.8 Å². The number of anilines is 1. The first kappa shape index (κ1) is 14.8. The third-order valence-electron chi connectivity index (χ3n) is 3.09. The van der Waals surface area contributed by atoms with E-state index in [0.717, 1.165) is 5.69 Å². The number of para-hydroxylation sites is 1. The number of benzene rings is 2. The maximum absolute atomic E-state index is 12.2. The first-order chi connectivity index (χ1) is 10.2. The van der Waals surface area contributed by atoms with Crippen LogP contribution in [0.5, 0.6) is 0 Å². The van der Waals surface area contributed by atoms with Gasteiger partial charge in [0.25, 0.3) is 0 Å². The minimum Gasteiger partial charge on any atom is -0.467 e. The maximum atomic E-state index is 12.2. The van der Waals surface area contributed by atoms with E-state index in [1.807, 2.05) is 36.4 Å². The lowest BCUT2D eigenvalue weighted by Gasteiger charge is -2.17. The Kier molecular flexibility index (Phi) is 5.10. The molecule has 21 heavy (non-hydrogen) atoms. The van der Waals surface area contributed by atoms with Crippen molar-refractivity contribution >= 4 is 17.4 Å². The van der Waals surface area contributed by atoms with Crippen LogP contribution in [-0.2, 0) is 9.53 Å². The van der Waals surface area contributed by atoms with Crippen molar-refractivity contribution in [3.8, 4) is 0 Å². The second kappa shape index (κ2) is 7.24. The van der Waals surface area contributed by atoms with Crippen molar-refractivity contribution < 1.29 is 14.3 Å². The Morgan fingerprint density at radius 1 is 1.00 bits per heavy atom. The fraction of sp³-hybridized carbons (Fsp3) is 0.176. The van der Waals surface area contributed by atoms with Gasteiger partial charge < -0.3 is 10.1 Å². The van der Waals surface area contributed by atoms with E-state index in [1.165, 1.54) is 7.11 Å². The van der Waals surface area contributed by atoms with E-state index in [-0.39, 0.29) is 12.2 Å². The van der Waals surface area contributed by atoms with Gasteiger partial charge in [0.2, 0.25) is 0 Å². The topological polar surface area (TPSA) is 55.4 Å². The molecule has 0 aliphatic carbocycles. The summed E-state index contributed by atoms with van der Waals surface area (Å²) in [6.45, 7) is 0. The van der Waals surface area contributed by atoms with Crippen molar-refractivity contribution in [3.63, 3.8) is 0 Å². The third-order valence-corrected chi connectivity index (χ3v) is 3.09. The number of carbonyl (C=O) groups is 2. The molecule has 1 unspecified atom stereocenters. The van der Waals surface area contributed by atoms with E-state index in [0.29, 0.717) is 5.56 Å². The normalized spacial score (nSPS) is 11.5. The molecule has 0 aromatic heterocycles. The lowest BCUT2D eigenvalue weighted by atomic mass is 10.0. The number of esters is 1. The van der Waals surface area contributed by atoms with Gasteiger partial charge in [0, 0.05) is 17.7 Å². The summed E-state index contributed by atoms with van der Waals surface area (Å²) in [7, 11) is 1.31. The average Bonchev–Trinajstić information content (AvgIpc) is 2.55. The van der Waals surface area contributed by atoms with Gasteiger partial charge in [-0.3, -0.25) is 4.79 Å². The first-order valence-corrected chi connectivity index (χ1v) is 6.68.